The number of hydrogen-bond donors (Lipinski definition) is 2. The van der Waals surface area contributed by atoms with Crippen molar-refractivity contribution in [3.8, 4) is 0 Å². The lowest BCUT2D eigenvalue weighted by Crippen LogP contribution is -2.41. The summed E-state index contributed by atoms with van der Waals surface area (Å²) in [5, 5.41) is 0. The summed E-state index contributed by atoms with van der Waals surface area (Å²) in [4.78, 5) is 0. The number of hydrogen-bond acceptors (Lipinski definition) is 3. The topological polar surface area (TPSA) is 61.1 Å². The summed E-state index contributed by atoms with van der Waals surface area (Å²) in [5.74, 6) is 0.466. The highest BCUT2D eigenvalue weighted by Gasteiger charge is 2.37. The molecule has 0 amide bonds. The highest BCUT2D eigenvalue weighted by atomic mass is 32.2. The largest absolute Gasteiger partial charge is 0.598 e. The number of nitrogen functional groups attached to an aromatic ring is 1. The summed E-state index contributed by atoms with van der Waals surface area (Å²) in [6.45, 7) is 5.91. The maximum absolute atomic E-state index is 13.6. The molecule has 3 rings (SSSR count). The van der Waals surface area contributed by atoms with Crippen LogP contribution >= 0.6 is 0 Å². The molecule has 0 saturated heterocycles. The maximum Gasteiger partial charge on any atom is 0.146 e. The second-order valence-corrected chi connectivity index (χ2v) is 10.4. The molecule has 0 aliphatic heterocycles. The Bertz CT molecular complexity index is 759. The van der Waals surface area contributed by atoms with E-state index in [0.29, 0.717) is 5.92 Å². The van der Waals surface area contributed by atoms with Gasteiger partial charge in [-0.05, 0) is 75.1 Å². The third-order valence-corrected chi connectivity index (χ3v) is 6.75. The lowest BCUT2D eigenvalue weighted by molar-refractivity contribution is 0.457. The van der Waals surface area contributed by atoms with E-state index >= 15 is 0 Å². The third-order valence-electron chi connectivity index (χ3n) is 5.14. The maximum atomic E-state index is 13.6. The fourth-order valence-electron chi connectivity index (χ4n) is 3.39. The average Bonchev–Trinajstić information content (AvgIpc) is 3.46. The van der Waals surface area contributed by atoms with Crippen molar-refractivity contribution in [3.63, 3.8) is 0 Å². The van der Waals surface area contributed by atoms with Gasteiger partial charge in [0.15, 0.2) is 0 Å². The fourth-order valence-corrected chi connectivity index (χ4v) is 4.23. The number of nitrogens with two attached hydrogens (primary N) is 1. The van der Waals surface area contributed by atoms with Gasteiger partial charge in [0.1, 0.15) is 10.6 Å². The first kappa shape index (κ1) is 20.2. The van der Waals surface area contributed by atoms with Gasteiger partial charge < -0.3 is 10.3 Å². The molecule has 2 aromatic carbocycles. The molecule has 0 bridgehead atoms. The van der Waals surface area contributed by atoms with E-state index in [2.05, 4.69) is 16.9 Å². The van der Waals surface area contributed by atoms with Crippen molar-refractivity contribution in [1.82, 2.24) is 4.72 Å². The van der Waals surface area contributed by atoms with Gasteiger partial charge in [0.05, 0.1) is 11.7 Å². The molecule has 27 heavy (non-hydrogen) atoms. The highest BCUT2D eigenvalue weighted by molar-refractivity contribution is 7.90. The number of nitrogens with one attached hydrogen (secondary N) is 1. The Hall–Kier alpha value is -1.56. The van der Waals surface area contributed by atoms with Crippen LogP contribution in [0.25, 0.3) is 0 Å². The number of halogens is 1. The van der Waals surface area contributed by atoms with Gasteiger partial charge in [0.2, 0.25) is 0 Å². The minimum atomic E-state index is -1.18. The molecule has 2 aromatic rings. The molecule has 146 valence electrons. The zero-order valence-corrected chi connectivity index (χ0v) is 17.1. The Labute approximate surface area is 164 Å². The zero-order chi connectivity index (χ0) is 19.6. The van der Waals surface area contributed by atoms with Crippen LogP contribution in [0.4, 0.5) is 10.1 Å². The predicted molar refractivity (Wildman–Crippen MR) is 111 cm³/mol. The van der Waals surface area contributed by atoms with Crippen molar-refractivity contribution in [1.29, 1.82) is 0 Å². The molecule has 1 aliphatic rings. The van der Waals surface area contributed by atoms with E-state index in [-0.39, 0.29) is 28.2 Å². The van der Waals surface area contributed by atoms with Gasteiger partial charge in [-0.2, -0.15) is 0 Å². The van der Waals surface area contributed by atoms with Crippen LogP contribution < -0.4 is 10.5 Å². The van der Waals surface area contributed by atoms with Crippen molar-refractivity contribution >= 4 is 17.0 Å². The van der Waals surface area contributed by atoms with E-state index in [9.17, 15) is 8.94 Å². The SMILES string of the molecule is CC(C)(C)[S+]([O-])N[C@@H](C[C@H](c1ccc(F)c(N)c1)C1CC1)c1ccccc1. The molecular weight excluding hydrogens is 359 g/mol. The molecule has 0 radical (unpaired) electrons. The summed E-state index contributed by atoms with van der Waals surface area (Å²) in [6, 6.07) is 15.2. The Morgan fingerprint density at radius 2 is 1.81 bits per heavy atom. The van der Waals surface area contributed by atoms with Crippen LogP contribution in [0.2, 0.25) is 0 Å². The van der Waals surface area contributed by atoms with Crippen molar-refractivity contribution < 1.29 is 8.94 Å². The molecule has 0 spiro atoms. The van der Waals surface area contributed by atoms with E-state index in [4.69, 9.17) is 5.73 Å². The van der Waals surface area contributed by atoms with Gasteiger partial charge in [-0.25, -0.2) is 4.39 Å². The number of anilines is 1. The van der Waals surface area contributed by atoms with Crippen molar-refractivity contribution in [2.75, 3.05) is 5.73 Å². The first-order valence-electron chi connectivity index (χ1n) is 9.53. The lowest BCUT2D eigenvalue weighted by atomic mass is 9.86. The van der Waals surface area contributed by atoms with Crippen molar-refractivity contribution in [2.45, 2.75) is 56.7 Å². The molecule has 0 heterocycles. The first-order chi connectivity index (χ1) is 12.8. The van der Waals surface area contributed by atoms with E-state index in [1.807, 2.05) is 45.0 Å². The van der Waals surface area contributed by atoms with Crippen LogP contribution in [0.5, 0.6) is 0 Å². The summed E-state index contributed by atoms with van der Waals surface area (Å²) in [5.41, 5.74) is 8.21. The van der Waals surface area contributed by atoms with Gasteiger partial charge in [-0.15, -0.1) is 4.72 Å². The summed E-state index contributed by atoms with van der Waals surface area (Å²) in [6.07, 6.45) is 3.15. The van der Waals surface area contributed by atoms with E-state index in [1.54, 1.807) is 6.07 Å². The van der Waals surface area contributed by atoms with Crippen LogP contribution in [0.1, 0.15) is 63.1 Å². The van der Waals surface area contributed by atoms with Crippen LogP contribution in [0.3, 0.4) is 0 Å². The fraction of sp³-hybridized carbons (Fsp3) is 0.455. The molecule has 5 heteroatoms. The van der Waals surface area contributed by atoms with Gasteiger partial charge >= 0.3 is 0 Å². The summed E-state index contributed by atoms with van der Waals surface area (Å²) >= 11 is -1.18. The van der Waals surface area contributed by atoms with Gasteiger partial charge in [-0.1, -0.05) is 36.4 Å². The normalized spacial score (nSPS) is 18.1. The van der Waals surface area contributed by atoms with Crippen LogP contribution in [0, 0.1) is 11.7 Å². The standard InChI is InChI=1S/C22H29FN2OS/c1-22(2,3)27(26)25-21(16-7-5-4-6-8-16)14-18(15-9-10-15)17-11-12-19(23)20(24)13-17/h4-8,11-13,15,18,21,25H,9-10,14,24H2,1-3H3/t18-,21-,27?/m0/s1. The monoisotopic (exact) mass is 388 g/mol. The summed E-state index contributed by atoms with van der Waals surface area (Å²) in [7, 11) is 0. The van der Waals surface area contributed by atoms with E-state index in [0.717, 1.165) is 17.5 Å². The minimum absolute atomic E-state index is 0.0388. The van der Waals surface area contributed by atoms with Crippen LogP contribution in [0.15, 0.2) is 48.5 Å². The number of benzene rings is 2. The molecule has 1 unspecified atom stereocenters. The molecular formula is C22H29FN2OS. The molecule has 3 atom stereocenters. The Kier molecular flexibility index (Phi) is 6.14. The Balaban J connectivity index is 1.87. The quantitative estimate of drug-likeness (QED) is 0.513. The minimum Gasteiger partial charge on any atom is -0.598 e. The van der Waals surface area contributed by atoms with Crippen molar-refractivity contribution in [2.24, 2.45) is 5.92 Å². The molecule has 1 fully saturated rings. The predicted octanol–water partition coefficient (Wildman–Crippen LogP) is 5.08. The summed E-state index contributed by atoms with van der Waals surface area (Å²) < 4.78 is 29.4. The number of rotatable bonds is 7. The molecule has 1 aliphatic carbocycles. The average molecular weight is 389 g/mol. The first-order valence-corrected chi connectivity index (χ1v) is 10.7. The van der Waals surface area contributed by atoms with Crippen molar-refractivity contribution in [3.05, 3.63) is 65.5 Å². The molecule has 0 aromatic heterocycles. The molecule has 1 saturated carbocycles. The van der Waals surface area contributed by atoms with Gasteiger partial charge in [0, 0.05) is 11.4 Å². The lowest BCUT2D eigenvalue weighted by Gasteiger charge is -2.30. The molecule has 3 nitrogen and oxygen atoms in total. The third kappa shape index (κ3) is 5.24. The molecule has 3 N–H and O–H groups in total. The van der Waals surface area contributed by atoms with Gasteiger partial charge in [0.25, 0.3) is 0 Å². The second-order valence-electron chi connectivity index (χ2n) is 8.42. The Morgan fingerprint density at radius 1 is 1.15 bits per heavy atom. The Morgan fingerprint density at radius 3 is 2.37 bits per heavy atom. The van der Waals surface area contributed by atoms with E-state index < -0.39 is 11.4 Å². The highest BCUT2D eigenvalue weighted by Crippen LogP contribution is 2.47. The second kappa shape index (κ2) is 8.21. The van der Waals surface area contributed by atoms with E-state index in [1.165, 1.54) is 18.9 Å². The zero-order valence-electron chi connectivity index (χ0n) is 16.2. The van der Waals surface area contributed by atoms with Crippen LogP contribution in [-0.2, 0) is 11.4 Å². The smallest absolute Gasteiger partial charge is 0.146 e. The van der Waals surface area contributed by atoms with Crippen LogP contribution in [-0.4, -0.2) is 9.30 Å². The van der Waals surface area contributed by atoms with Gasteiger partial charge in [-0.3, -0.25) is 0 Å².